The van der Waals surface area contributed by atoms with Crippen LogP contribution in [0.4, 0.5) is 10.5 Å². The molecule has 2 amide bonds. The summed E-state index contributed by atoms with van der Waals surface area (Å²) in [5, 5.41) is 5.19. The molecule has 1 aromatic carbocycles. The van der Waals surface area contributed by atoms with E-state index in [-0.39, 0.29) is 24.5 Å². The number of methoxy groups -OCH3 is 2. The molecule has 10 heteroatoms. The van der Waals surface area contributed by atoms with Crippen molar-refractivity contribution in [2.45, 2.75) is 26.1 Å². The Morgan fingerprint density at radius 2 is 1.89 bits per heavy atom. The third-order valence-electron chi connectivity index (χ3n) is 4.08. The standard InChI is InChI=1S/C17H27N3O6S/c1-12-10-20(11-13(2)26-12)27(22,23)8-7-18-17(21)19-15-9-14(24-3)5-6-16(15)25-4/h5-6,9,12-13H,7-8,10-11H2,1-4H3,(H2,18,19,21). The summed E-state index contributed by atoms with van der Waals surface area (Å²) in [5.41, 5.74) is 0.424. The highest BCUT2D eigenvalue weighted by atomic mass is 32.2. The quantitative estimate of drug-likeness (QED) is 0.713. The second kappa shape index (κ2) is 9.25. The fourth-order valence-corrected chi connectivity index (χ4v) is 4.35. The molecule has 2 atom stereocenters. The molecular formula is C17H27N3O6S. The summed E-state index contributed by atoms with van der Waals surface area (Å²) in [6, 6.07) is 4.46. The number of carbonyl (C=O) groups is 1. The Bertz CT molecular complexity index is 745. The van der Waals surface area contributed by atoms with Gasteiger partial charge in [-0.05, 0) is 26.0 Å². The van der Waals surface area contributed by atoms with E-state index in [0.29, 0.717) is 30.3 Å². The van der Waals surface area contributed by atoms with Crippen LogP contribution in [0.2, 0.25) is 0 Å². The van der Waals surface area contributed by atoms with E-state index in [0.717, 1.165) is 0 Å². The number of nitrogens with one attached hydrogen (secondary N) is 2. The molecule has 0 aliphatic carbocycles. The van der Waals surface area contributed by atoms with E-state index >= 15 is 0 Å². The van der Waals surface area contributed by atoms with Gasteiger partial charge in [0.1, 0.15) is 11.5 Å². The van der Waals surface area contributed by atoms with Gasteiger partial charge in [-0.1, -0.05) is 0 Å². The second-order valence-electron chi connectivity index (χ2n) is 6.34. The maximum Gasteiger partial charge on any atom is 0.319 e. The molecule has 2 rings (SSSR count). The van der Waals surface area contributed by atoms with Gasteiger partial charge < -0.3 is 24.8 Å². The summed E-state index contributed by atoms with van der Waals surface area (Å²) in [6.45, 7) is 4.30. The monoisotopic (exact) mass is 401 g/mol. The van der Waals surface area contributed by atoms with Crippen LogP contribution in [0.5, 0.6) is 11.5 Å². The fraction of sp³-hybridized carbons (Fsp3) is 0.588. The third-order valence-corrected chi connectivity index (χ3v) is 5.88. The van der Waals surface area contributed by atoms with Crippen LogP contribution in [0.3, 0.4) is 0 Å². The Balaban J connectivity index is 1.89. The summed E-state index contributed by atoms with van der Waals surface area (Å²) in [6.07, 6.45) is -0.305. The van der Waals surface area contributed by atoms with Gasteiger partial charge in [0.2, 0.25) is 10.0 Å². The van der Waals surface area contributed by atoms with Gasteiger partial charge in [0, 0.05) is 25.7 Å². The van der Waals surface area contributed by atoms with Crippen molar-refractivity contribution in [3.63, 3.8) is 0 Å². The average molecular weight is 401 g/mol. The van der Waals surface area contributed by atoms with E-state index in [9.17, 15) is 13.2 Å². The normalized spacial score (nSPS) is 20.7. The number of nitrogens with zero attached hydrogens (tertiary/aromatic N) is 1. The second-order valence-corrected chi connectivity index (χ2v) is 8.43. The Hall–Kier alpha value is -2.04. The first kappa shape index (κ1) is 21.3. The molecule has 27 heavy (non-hydrogen) atoms. The molecule has 2 N–H and O–H groups in total. The zero-order chi connectivity index (χ0) is 20.0. The van der Waals surface area contributed by atoms with Gasteiger partial charge >= 0.3 is 6.03 Å². The summed E-state index contributed by atoms with van der Waals surface area (Å²) in [5.74, 6) is 0.842. The first-order valence-electron chi connectivity index (χ1n) is 8.65. The van der Waals surface area contributed by atoms with E-state index in [1.54, 1.807) is 18.2 Å². The summed E-state index contributed by atoms with van der Waals surface area (Å²) in [7, 11) is -0.469. The first-order valence-corrected chi connectivity index (χ1v) is 10.3. The number of sulfonamides is 1. The minimum absolute atomic E-state index is 0.0133. The van der Waals surface area contributed by atoms with E-state index in [1.165, 1.54) is 18.5 Å². The maximum atomic E-state index is 12.5. The number of morpholine rings is 1. The van der Waals surface area contributed by atoms with Crippen molar-refractivity contribution in [3.05, 3.63) is 18.2 Å². The van der Waals surface area contributed by atoms with Crippen LogP contribution in [-0.4, -0.2) is 70.6 Å². The maximum absolute atomic E-state index is 12.5. The smallest absolute Gasteiger partial charge is 0.319 e. The van der Waals surface area contributed by atoms with E-state index in [4.69, 9.17) is 14.2 Å². The van der Waals surface area contributed by atoms with Gasteiger partial charge in [-0.3, -0.25) is 0 Å². The fourth-order valence-electron chi connectivity index (χ4n) is 2.86. The lowest BCUT2D eigenvalue weighted by atomic mass is 10.2. The number of benzene rings is 1. The highest BCUT2D eigenvalue weighted by Gasteiger charge is 2.30. The Morgan fingerprint density at radius 3 is 2.48 bits per heavy atom. The number of urea groups is 1. The van der Waals surface area contributed by atoms with Crippen molar-refractivity contribution in [3.8, 4) is 11.5 Å². The number of ether oxygens (including phenoxy) is 3. The Morgan fingerprint density at radius 1 is 1.22 bits per heavy atom. The summed E-state index contributed by atoms with van der Waals surface area (Å²) >= 11 is 0. The molecule has 0 radical (unpaired) electrons. The molecular weight excluding hydrogens is 374 g/mol. The number of anilines is 1. The van der Waals surface area contributed by atoms with Crippen LogP contribution in [0.1, 0.15) is 13.8 Å². The van der Waals surface area contributed by atoms with Crippen LogP contribution in [0.25, 0.3) is 0 Å². The molecule has 0 bridgehead atoms. The molecule has 152 valence electrons. The molecule has 9 nitrogen and oxygen atoms in total. The number of rotatable bonds is 7. The molecule has 2 unspecified atom stereocenters. The number of hydrogen-bond donors (Lipinski definition) is 2. The van der Waals surface area contributed by atoms with Gasteiger partial charge in [0.05, 0.1) is 37.9 Å². The minimum Gasteiger partial charge on any atom is -0.497 e. The summed E-state index contributed by atoms with van der Waals surface area (Å²) in [4.78, 5) is 12.1. The number of hydrogen-bond acceptors (Lipinski definition) is 6. The zero-order valence-corrected chi connectivity index (χ0v) is 16.8. The van der Waals surface area contributed by atoms with Gasteiger partial charge in [-0.25, -0.2) is 13.2 Å². The molecule has 1 saturated heterocycles. The van der Waals surface area contributed by atoms with E-state index < -0.39 is 16.1 Å². The minimum atomic E-state index is -3.48. The third kappa shape index (κ3) is 5.98. The lowest BCUT2D eigenvalue weighted by Crippen LogP contribution is -2.49. The predicted octanol–water partition coefficient (Wildman–Crippen LogP) is 1.26. The Kier molecular flexibility index (Phi) is 7.28. The van der Waals surface area contributed by atoms with Crippen molar-refractivity contribution in [1.29, 1.82) is 0 Å². The topological polar surface area (TPSA) is 106 Å². The van der Waals surface area contributed by atoms with Crippen molar-refractivity contribution in [2.24, 2.45) is 0 Å². The molecule has 0 aromatic heterocycles. The van der Waals surface area contributed by atoms with Crippen LogP contribution in [0, 0.1) is 0 Å². The molecule has 1 aliphatic rings. The van der Waals surface area contributed by atoms with Crippen molar-refractivity contribution in [1.82, 2.24) is 9.62 Å². The average Bonchev–Trinajstić information content (AvgIpc) is 2.60. The van der Waals surface area contributed by atoms with Crippen LogP contribution in [0.15, 0.2) is 18.2 Å². The largest absolute Gasteiger partial charge is 0.497 e. The lowest BCUT2D eigenvalue weighted by molar-refractivity contribution is -0.0440. The highest BCUT2D eigenvalue weighted by molar-refractivity contribution is 7.89. The zero-order valence-electron chi connectivity index (χ0n) is 16.0. The van der Waals surface area contributed by atoms with Crippen molar-refractivity contribution in [2.75, 3.05) is 44.9 Å². The lowest BCUT2D eigenvalue weighted by Gasteiger charge is -2.34. The van der Waals surface area contributed by atoms with E-state index in [1.807, 2.05) is 13.8 Å². The Labute approximate surface area is 160 Å². The molecule has 0 saturated carbocycles. The van der Waals surface area contributed by atoms with Crippen molar-refractivity contribution < 1.29 is 27.4 Å². The van der Waals surface area contributed by atoms with Gasteiger partial charge in [-0.2, -0.15) is 4.31 Å². The predicted molar refractivity (Wildman–Crippen MR) is 102 cm³/mol. The highest BCUT2D eigenvalue weighted by Crippen LogP contribution is 2.28. The van der Waals surface area contributed by atoms with Gasteiger partial charge in [0.15, 0.2) is 0 Å². The molecule has 0 spiro atoms. The molecule has 1 aliphatic heterocycles. The van der Waals surface area contributed by atoms with E-state index in [2.05, 4.69) is 10.6 Å². The summed E-state index contributed by atoms with van der Waals surface area (Å²) < 4.78 is 42.2. The van der Waals surface area contributed by atoms with Crippen LogP contribution >= 0.6 is 0 Å². The van der Waals surface area contributed by atoms with Crippen molar-refractivity contribution >= 4 is 21.7 Å². The number of carbonyl (C=O) groups excluding carboxylic acids is 1. The molecule has 1 aromatic rings. The molecule has 1 fully saturated rings. The molecule has 1 heterocycles. The first-order chi connectivity index (χ1) is 12.7. The van der Waals surface area contributed by atoms with Crippen LogP contribution < -0.4 is 20.1 Å². The van der Waals surface area contributed by atoms with Gasteiger partial charge in [-0.15, -0.1) is 0 Å². The number of amides is 2. The van der Waals surface area contributed by atoms with Crippen LogP contribution in [-0.2, 0) is 14.8 Å². The SMILES string of the molecule is COc1ccc(OC)c(NC(=O)NCCS(=O)(=O)N2CC(C)OC(C)C2)c1. The van der Waals surface area contributed by atoms with Gasteiger partial charge in [0.25, 0.3) is 0 Å².